The average molecular weight is 380 g/mol. The second-order valence-corrected chi connectivity index (χ2v) is 7.95. The van der Waals surface area contributed by atoms with Crippen molar-refractivity contribution in [2.75, 3.05) is 26.2 Å². The third-order valence-electron chi connectivity index (χ3n) is 5.08. The van der Waals surface area contributed by atoms with Crippen LogP contribution in [0.4, 0.5) is 0 Å². The molecule has 138 valence electrons. The molecule has 3 aromatic heterocycles. The topological polar surface area (TPSA) is 65.4 Å². The predicted molar refractivity (Wildman–Crippen MR) is 107 cm³/mol. The third-order valence-corrected chi connectivity index (χ3v) is 5.94. The van der Waals surface area contributed by atoms with Crippen molar-refractivity contribution < 1.29 is 4.42 Å². The normalized spacial score (nSPS) is 16.4. The first-order chi connectivity index (χ1) is 13.3. The number of rotatable bonds is 4. The van der Waals surface area contributed by atoms with Crippen molar-refractivity contribution in [2.45, 2.75) is 13.1 Å². The standard InChI is InChI=1S/C20H20N4O2S/c25-20-19-18(15-5-1-2-6-16(15)26-19)21-17(22-20)13-24-9-7-23(8-10-24)12-14-4-3-11-27-14/h1-6,11H,7-10,12-13H2,(H,21,22,25). The third kappa shape index (κ3) is 3.29. The van der Waals surface area contributed by atoms with Gasteiger partial charge < -0.3 is 9.40 Å². The van der Waals surface area contributed by atoms with Gasteiger partial charge in [-0.05, 0) is 23.6 Å². The van der Waals surface area contributed by atoms with Gasteiger partial charge in [-0.3, -0.25) is 14.6 Å². The average Bonchev–Trinajstić information content (AvgIpc) is 3.32. The predicted octanol–water partition coefficient (Wildman–Crippen LogP) is 3.05. The molecule has 0 atom stereocenters. The molecule has 5 rings (SSSR count). The molecule has 27 heavy (non-hydrogen) atoms. The van der Waals surface area contributed by atoms with Crippen LogP contribution in [0.15, 0.2) is 51.0 Å². The van der Waals surface area contributed by atoms with Crippen LogP contribution in [-0.2, 0) is 13.1 Å². The fourth-order valence-corrected chi connectivity index (χ4v) is 4.41. The monoisotopic (exact) mass is 380 g/mol. The quantitative estimate of drug-likeness (QED) is 0.589. The maximum absolute atomic E-state index is 12.4. The zero-order valence-corrected chi connectivity index (χ0v) is 15.7. The number of H-pyrrole nitrogens is 1. The fraction of sp³-hybridized carbons (Fsp3) is 0.300. The Morgan fingerprint density at radius 1 is 1.04 bits per heavy atom. The Hall–Kier alpha value is -2.48. The van der Waals surface area contributed by atoms with Gasteiger partial charge in [-0.15, -0.1) is 11.3 Å². The molecule has 4 aromatic rings. The highest BCUT2D eigenvalue weighted by atomic mass is 32.1. The van der Waals surface area contributed by atoms with Gasteiger partial charge in [0.2, 0.25) is 5.58 Å². The van der Waals surface area contributed by atoms with Crippen LogP contribution in [0.3, 0.4) is 0 Å². The van der Waals surface area contributed by atoms with Crippen molar-refractivity contribution >= 4 is 33.4 Å². The molecule has 1 fully saturated rings. The van der Waals surface area contributed by atoms with Gasteiger partial charge in [-0.25, -0.2) is 4.98 Å². The van der Waals surface area contributed by atoms with E-state index in [1.54, 1.807) is 0 Å². The lowest BCUT2D eigenvalue weighted by Gasteiger charge is -2.34. The van der Waals surface area contributed by atoms with Crippen molar-refractivity contribution in [3.8, 4) is 0 Å². The number of nitrogens with zero attached hydrogens (tertiary/aromatic N) is 3. The van der Waals surface area contributed by atoms with Gasteiger partial charge in [0.05, 0.1) is 6.54 Å². The molecule has 1 N–H and O–H groups in total. The number of piperazine rings is 1. The van der Waals surface area contributed by atoms with E-state index >= 15 is 0 Å². The van der Waals surface area contributed by atoms with E-state index in [9.17, 15) is 4.79 Å². The minimum absolute atomic E-state index is 0.206. The van der Waals surface area contributed by atoms with Gasteiger partial charge in [0.1, 0.15) is 16.9 Å². The summed E-state index contributed by atoms with van der Waals surface area (Å²) >= 11 is 1.81. The van der Waals surface area contributed by atoms with Crippen LogP contribution in [0.1, 0.15) is 10.7 Å². The first kappa shape index (κ1) is 16.7. The highest BCUT2D eigenvalue weighted by Crippen LogP contribution is 2.24. The molecular weight excluding hydrogens is 360 g/mol. The Morgan fingerprint density at radius 2 is 1.81 bits per heavy atom. The molecule has 1 saturated heterocycles. The Kier molecular flexibility index (Phi) is 4.27. The SMILES string of the molecule is O=c1[nH]c(CN2CCN(Cc3cccs3)CC2)nc2c1oc1ccccc12. The molecule has 7 heteroatoms. The van der Waals surface area contributed by atoms with Gasteiger partial charge in [-0.2, -0.15) is 0 Å². The second kappa shape index (κ2) is 6.92. The number of aromatic nitrogens is 2. The van der Waals surface area contributed by atoms with E-state index in [4.69, 9.17) is 9.40 Å². The lowest BCUT2D eigenvalue weighted by Crippen LogP contribution is -2.45. The number of para-hydroxylation sites is 1. The first-order valence-electron chi connectivity index (χ1n) is 9.14. The number of nitrogens with one attached hydrogen (secondary N) is 1. The minimum atomic E-state index is -0.206. The highest BCUT2D eigenvalue weighted by molar-refractivity contribution is 7.09. The van der Waals surface area contributed by atoms with E-state index in [-0.39, 0.29) is 5.56 Å². The Balaban J connectivity index is 1.32. The maximum atomic E-state index is 12.4. The highest BCUT2D eigenvalue weighted by Gasteiger charge is 2.19. The van der Waals surface area contributed by atoms with Gasteiger partial charge in [0, 0.05) is 43.0 Å². The Morgan fingerprint density at radius 3 is 2.59 bits per heavy atom. The Labute approximate surface area is 160 Å². The molecule has 0 amide bonds. The van der Waals surface area contributed by atoms with Crippen molar-refractivity contribution in [3.63, 3.8) is 0 Å². The van der Waals surface area contributed by atoms with E-state index in [0.717, 1.165) is 38.1 Å². The maximum Gasteiger partial charge on any atom is 0.294 e. The van der Waals surface area contributed by atoms with Crippen molar-refractivity contribution in [1.82, 2.24) is 19.8 Å². The summed E-state index contributed by atoms with van der Waals surface area (Å²) in [4.78, 5) is 26.2. The smallest absolute Gasteiger partial charge is 0.294 e. The summed E-state index contributed by atoms with van der Waals surface area (Å²) in [5, 5.41) is 3.02. The fourth-order valence-electron chi connectivity index (χ4n) is 3.66. The lowest BCUT2D eigenvalue weighted by molar-refractivity contribution is 0.120. The van der Waals surface area contributed by atoms with Crippen molar-refractivity contribution in [2.24, 2.45) is 0 Å². The van der Waals surface area contributed by atoms with Crippen molar-refractivity contribution in [3.05, 3.63) is 62.8 Å². The molecule has 0 radical (unpaired) electrons. The summed E-state index contributed by atoms with van der Waals surface area (Å²) in [6, 6.07) is 11.9. The molecule has 4 heterocycles. The summed E-state index contributed by atoms with van der Waals surface area (Å²) in [7, 11) is 0. The van der Waals surface area contributed by atoms with Crippen LogP contribution >= 0.6 is 11.3 Å². The minimum Gasteiger partial charge on any atom is -0.449 e. The van der Waals surface area contributed by atoms with E-state index < -0.39 is 0 Å². The Bertz CT molecular complexity index is 1120. The van der Waals surface area contributed by atoms with Gasteiger partial charge >= 0.3 is 0 Å². The zero-order valence-electron chi connectivity index (χ0n) is 14.9. The first-order valence-corrected chi connectivity index (χ1v) is 10.0. The lowest BCUT2D eigenvalue weighted by atomic mass is 10.2. The molecular formula is C20H20N4O2S. The zero-order chi connectivity index (χ0) is 18.2. The molecule has 6 nitrogen and oxygen atoms in total. The molecule has 1 aliphatic rings. The van der Waals surface area contributed by atoms with Crippen LogP contribution in [0.2, 0.25) is 0 Å². The van der Waals surface area contributed by atoms with Crippen LogP contribution in [0, 0.1) is 0 Å². The van der Waals surface area contributed by atoms with E-state index in [2.05, 4.69) is 32.3 Å². The van der Waals surface area contributed by atoms with E-state index in [1.165, 1.54) is 4.88 Å². The molecule has 0 saturated carbocycles. The number of thiophene rings is 1. The molecule has 0 aliphatic carbocycles. The summed E-state index contributed by atoms with van der Waals surface area (Å²) in [5.41, 5.74) is 1.45. The van der Waals surface area contributed by atoms with Crippen LogP contribution < -0.4 is 5.56 Å². The second-order valence-electron chi connectivity index (χ2n) is 6.92. The van der Waals surface area contributed by atoms with E-state index in [1.807, 2.05) is 35.6 Å². The molecule has 0 spiro atoms. The van der Waals surface area contributed by atoms with Crippen LogP contribution in [0.25, 0.3) is 22.1 Å². The van der Waals surface area contributed by atoms with E-state index in [0.29, 0.717) is 29.1 Å². The van der Waals surface area contributed by atoms with Gasteiger partial charge in [-0.1, -0.05) is 18.2 Å². The van der Waals surface area contributed by atoms with Gasteiger partial charge in [0.15, 0.2) is 0 Å². The number of benzene rings is 1. The summed E-state index contributed by atoms with van der Waals surface area (Å²) < 4.78 is 5.67. The van der Waals surface area contributed by atoms with Crippen LogP contribution in [-0.4, -0.2) is 45.9 Å². The molecule has 1 aliphatic heterocycles. The van der Waals surface area contributed by atoms with Crippen molar-refractivity contribution in [1.29, 1.82) is 0 Å². The molecule has 0 bridgehead atoms. The number of aromatic amines is 1. The number of hydrogen-bond donors (Lipinski definition) is 1. The number of hydrogen-bond acceptors (Lipinski definition) is 6. The summed E-state index contributed by atoms with van der Waals surface area (Å²) in [6.07, 6.45) is 0. The summed E-state index contributed by atoms with van der Waals surface area (Å²) in [6.45, 7) is 5.67. The van der Waals surface area contributed by atoms with Crippen LogP contribution in [0.5, 0.6) is 0 Å². The molecule has 0 unspecified atom stereocenters. The number of fused-ring (bicyclic) bond motifs is 3. The number of furan rings is 1. The molecule has 1 aromatic carbocycles. The largest absolute Gasteiger partial charge is 0.449 e. The summed E-state index contributed by atoms with van der Waals surface area (Å²) in [5.74, 6) is 0.700. The van der Waals surface area contributed by atoms with Gasteiger partial charge in [0.25, 0.3) is 5.56 Å².